The van der Waals surface area contributed by atoms with Crippen LogP contribution < -0.4 is 5.32 Å². The van der Waals surface area contributed by atoms with Crippen LogP contribution in [0.25, 0.3) is 0 Å². The third-order valence-corrected chi connectivity index (χ3v) is 2.78. The van der Waals surface area contributed by atoms with E-state index in [4.69, 9.17) is 0 Å². The molecule has 12 heavy (non-hydrogen) atoms. The molecule has 2 atom stereocenters. The first-order chi connectivity index (χ1) is 5.72. The van der Waals surface area contributed by atoms with E-state index in [9.17, 15) is 9.59 Å². The minimum atomic E-state index is -0.0868. The molecule has 0 radical (unpaired) electrons. The number of hydrogen-bond donors (Lipinski definition) is 1. The fourth-order valence-corrected chi connectivity index (χ4v) is 2.02. The summed E-state index contributed by atoms with van der Waals surface area (Å²) in [7, 11) is 1.57. The summed E-state index contributed by atoms with van der Waals surface area (Å²) in [6.07, 6.45) is 0.805. The monoisotopic (exact) mass is 168 g/mol. The number of nitrogens with one attached hydrogen (secondary N) is 1. The lowest BCUT2D eigenvalue weighted by molar-refractivity contribution is -0.138. The molecule has 4 heteroatoms. The lowest BCUT2D eigenvalue weighted by Gasteiger charge is -2.21. The standard InChI is InChI=1S/C8H12N2O2/c1-10-7(11)5-2-3-9-4-6(5)8(10)12/h5-6,9H,2-4H2,1H3/t5-,6+/m0/s1. The normalized spacial score (nSPS) is 35.6. The highest BCUT2D eigenvalue weighted by Crippen LogP contribution is 2.29. The number of fused-ring (bicyclic) bond motifs is 1. The topological polar surface area (TPSA) is 49.4 Å². The molecule has 2 fully saturated rings. The maximum atomic E-state index is 11.4. The van der Waals surface area contributed by atoms with Crippen molar-refractivity contribution in [1.29, 1.82) is 0 Å². The smallest absolute Gasteiger partial charge is 0.234 e. The first-order valence-corrected chi connectivity index (χ1v) is 4.24. The molecule has 2 aliphatic rings. The quantitative estimate of drug-likeness (QED) is 0.482. The fourth-order valence-electron chi connectivity index (χ4n) is 2.02. The molecular formula is C8H12N2O2. The first-order valence-electron chi connectivity index (χ1n) is 4.24. The van der Waals surface area contributed by atoms with Gasteiger partial charge in [-0.15, -0.1) is 0 Å². The summed E-state index contributed by atoms with van der Waals surface area (Å²) in [6.45, 7) is 1.52. The number of imide groups is 1. The van der Waals surface area contributed by atoms with Gasteiger partial charge >= 0.3 is 0 Å². The molecule has 0 saturated carbocycles. The van der Waals surface area contributed by atoms with Crippen LogP contribution in [-0.4, -0.2) is 36.9 Å². The van der Waals surface area contributed by atoms with Gasteiger partial charge in [0.2, 0.25) is 11.8 Å². The largest absolute Gasteiger partial charge is 0.316 e. The Kier molecular flexibility index (Phi) is 1.65. The number of rotatable bonds is 0. The minimum absolute atomic E-state index is 0.00602. The van der Waals surface area contributed by atoms with E-state index < -0.39 is 0 Å². The SMILES string of the molecule is CN1C(=O)[C@H]2CCNC[C@H]2C1=O. The van der Waals surface area contributed by atoms with Crippen molar-refractivity contribution in [3.05, 3.63) is 0 Å². The van der Waals surface area contributed by atoms with Gasteiger partial charge in [-0.1, -0.05) is 0 Å². The van der Waals surface area contributed by atoms with Crippen molar-refractivity contribution >= 4 is 11.8 Å². The highest BCUT2D eigenvalue weighted by atomic mass is 16.2. The molecule has 0 unspecified atom stereocenters. The van der Waals surface area contributed by atoms with Crippen molar-refractivity contribution in [2.24, 2.45) is 11.8 Å². The van der Waals surface area contributed by atoms with E-state index in [0.29, 0.717) is 6.54 Å². The van der Waals surface area contributed by atoms with Crippen molar-refractivity contribution in [2.75, 3.05) is 20.1 Å². The predicted molar refractivity (Wildman–Crippen MR) is 42.2 cm³/mol. The van der Waals surface area contributed by atoms with Crippen molar-refractivity contribution < 1.29 is 9.59 Å². The summed E-state index contributed by atoms with van der Waals surface area (Å²) < 4.78 is 0. The second-order valence-electron chi connectivity index (χ2n) is 3.44. The zero-order chi connectivity index (χ0) is 8.72. The van der Waals surface area contributed by atoms with Gasteiger partial charge in [-0.25, -0.2) is 0 Å². The molecule has 1 N–H and O–H groups in total. The van der Waals surface area contributed by atoms with Gasteiger partial charge in [-0.2, -0.15) is 0 Å². The van der Waals surface area contributed by atoms with Crippen LogP contribution in [0.5, 0.6) is 0 Å². The number of carbonyl (C=O) groups excluding carboxylic acids is 2. The van der Waals surface area contributed by atoms with Crippen LogP contribution >= 0.6 is 0 Å². The Balaban J connectivity index is 2.25. The van der Waals surface area contributed by atoms with Gasteiger partial charge in [0.1, 0.15) is 0 Å². The Morgan fingerprint density at radius 1 is 1.33 bits per heavy atom. The predicted octanol–water partition coefficient (Wildman–Crippen LogP) is -0.789. The lowest BCUT2D eigenvalue weighted by atomic mass is 9.89. The van der Waals surface area contributed by atoms with Gasteiger partial charge in [0, 0.05) is 13.6 Å². The molecular weight excluding hydrogens is 156 g/mol. The second-order valence-corrected chi connectivity index (χ2v) is 3.44. The van der Waals surface area contributed by atoms with Gasteiger partial charge in [0.05, 0.1) is 11.8 Å². The summed E-state index contributed by atoms with van der Waals surface area (Å²) in [5.74, 6) is -0.135. The zero-order valence-electron chi connectivity index (χ0n) is 7.04. The Morgan fingerprint density at radius 3 is 2.67 bits per heavy atom. The molecule has 0 aromatic carbocycles. The molecule has 66 valence electrons. The molecule has 4 nitrogen and oxygen atoms in total. The summed E-state index contributed by atoms with van der Waals surface area (Å²) >= 11 is 0. The number of likely N-dealkylation sites (tertiary alicyclic amines) is 1. The van der Waals surface area contributed by atoms with Crippen molar-refractivity contribution in [1.82, 2.24) is 10.2 Å². The molecule has 0 aromatic rings. The summed E-state index contributed by atoms with van der Waals surface area (Å²) in [5.41, 5.74) is 0. The van der Waals surface area contributed by atoms with Crippen molar-refractivity contribution in [3.63, 3.8) is 0 Å². The van der Waals surface area contributed by atoms with Crippen LogP contribution in [0.1, 0.15) is 6.42 Å². The van der Waals surface area contributed by atoms with Gasteiger partial charge < -0.3 is 5.32 Å². The number of piperidine rings is 1. The molecule has 2 heterocycles. The van der Waals surface area contributed by atoms with E-state index in [1.807, 2.05) is 0 Å². The number of nitrogens with zero attached hydrogens (tertiary/aromatic N) is 1. The highest BCUT2D eigenvalue weighted by molar-refractivity contribution is 6.05. The molecule has 0 spiro atoms. The summed E-state index contributed by atoms with van der Waals surface area (Å²) in [6, 6.07) is 0. The lowest BCUT2D eigenvalue weighted by Crippen LogP contribution is -2.38. The number of carbonyl (C=O) groups is 2. The zero-order valence-corrected chi connectivity index (χ0v) is 7.04. The maximum Gasteiger partial charge on any atom is 0.234 e. The number of amides is 2. The van der Waals surface area contributed by atoms with Crippen molar-refractivity contribution in [3.8, 4) is 0 Å². The van der Waals surface area contributed by atoms with E-state index in [1.54, 1.807) is 7.05 Å². The molecule has 0 aromatic heterocycles. The Hall–Kier alpha value is -0.900. The summed E-state index contributed by atoms with van der Waals surface area (Å²) in [4.78, 5) is 24.1. The molecule has 2 amide bonds. The van der Waals surface area contributed by atoms with Crippen LogP contribution in [0.2, 0.25) is 0 Å². The third kappa shape index (κ3) is 0.876. The molecule has 0 bridgehead atoms. The van der Waals surface area contributed by atoms with E-state index in [2.05, 4.69) is 5.32 Å². The first kappa shape index (κ1) is 7.73. The summed E-state index contributed by atoms with van der Waals surface area (Å²) in [5, 5.41) is 3.13. The maximum absolute atomic E-state index is 11.4. The Bertz CT molecular complexity index is 215. The van der Waals surface area contributed by atoms with E-state index in [-0.39, 0.29) is 23.7 Å². The van der Waals surface area contributed by atoms with E-state index >= 15 is 0 Å². The minimum Gasteiger partial charge on any atom is -0.316 e. The molecule has 2 saturated heterocycles. The van der Waals surface area contributed by atoms with Gasteiger partial charge in [-0.3, -0.25) is 14.5 Å². The van der Waals surface area contributed by atoms with Gasteiger partial charge in [0.25, 0.3) is 0 Å². The van der Waals surface area contributed by atoms with Gasteiger partial charge in [-0.05, 0) is 13.0 Å². The Labute approximate surface area is 70.9 Å². The van der Waals surface area contributed by atoms with Gasteiger partial charge in [0.15, 0.2) is 0 Å². The fraction of sp³-hybridized carbons (Fsp3) is 0.750. The van der Waals surface area contributed by atoms with Crippen LogP contribution in [0.3, 0.4) is 0 Å². The van der Waals surface area contributed by atoms with E-state index in [0.717, 1.165) is 13.0 Å². The van der Waals surface area contributed by atoms with Crippen LogP contribution in [0, 0.1) is 11.8 Å². The third-order valence-electron chi connectivity index (χ3n) is 2.78. The average Bonchev–Trinajstić information content (AvgIpc) is 2.33. The molecule has 0 aliphatic carbocycles. The van der Waals surface area contributed by atoms with Crippen molar-refractivity contribution in [2.45, 2.75) is 6.42 Å². The Morgan fingerprint density at radius 2 is 2.00 bits per heavy atom. The average molecular weight is 168 g/mol. The highest BCUT2D eigenvalue weighted by Gasteiger charge is 2.46. The second kappa shape index (κ2) is 2.55. The van der Waals surface area contributed by atoms with Crippen LogP contribution in [0.15, 0.2) is 0 Å². The molecule has 2 rings (SSSR count). The van der Waals surface area contributed by atoms with Crippen LogP contribution in [0.4, 0.5) is 0 Å². The van der Waals surface area contributed by atoms with Crippen LogP contribution in [-0.2, 0) is 9.59 Å². The number of hydrogen-bond acceptors (Lipinski definition) is 3. The van der Waals surface area contributed by atoms with E-state index in [1.165, 1.54) is 4.90 Å². The molecule has 2 aliphatic heterocycles.